The number of aryl methyl sites for hydroxylation is 1. The van der Waals surface area contributed by atoms with Gasteiger partial charge < -0.3 is 9.84 Å². The molecule has 3 rings (SSSR count). The summed E-state index contributed by atoms with van der Waals surface area (Å²) in [4.78, 5) is 11.4. The standard InChI is InChI=1S/C20H27N3O5S/c1-14-13-16(5-6-17(14)23-12-9-18(21-23)28-4)15-7-10-22(11-8-15)29(26,27)20(2,3)19(24)25/h5-6,9,12-13,15H,7-8,10-11H2,1-4H3,(H,24,25). The van der Waals surface area contributed by atoms with Crippen LogP contribution < -0.4 is 4.74 Å². The van der Waals surface area contributed by atoms with Crippen molar-refractivity contribution in [3.8, 4) is 11.6 Å². The highest BCUT2D eigenvalue weighted by Crippen LogP contribution is 2.33. The van der Waals surface area contributed by atoms with E-state index >= 15 is 0 Å². The number of carboxylic acid groups (broad SMARTS) is 1. The van der Waals surface area contributed by atoms with E-state index in [4.69, 9.17) is 4.74 Å². The molecular weight excluding hydrogens is 394 g/mol. The normalized spacial score (nSPS) is 16.7. The molecule has 0 atom stereocenters. The molecule has 0 radical (unpaired) electrons. The minimum absolute atomic E-state index is 0.231. The van der Waals surface area contributed by atoms with E-state index in [0.717, 1.165) is 16.8 Å². The highest BCUT2D eigenvalue weighted by molar-refractivity contribution is 7.91. The molecule has 29 heavy (non-hydrogen) atoms. The van der Waals surface area contributed by atoms with Gasteiger partial charge in [0.05, 0.1) is 12.8 Å². The Morgan fingerprint density at radius 3 is 2.41 bits per heavy atom. The molecule has 0 unspecified atom stereocenters. The van der Waals surface area contributed by atoms with Crippen LogP contribution in [-0.4, -0.2) is 58.5 Å². The lowest BCUT2D eigenvalue weighted by Crippen LogP contribution is -2.51. The Balaban J connectivity index is 1.73. The molecule has 2 heterocycles. The predicted molar refractivity (Wildman–Crippen MR) is 109 cm³/mol. The third-order valence-electron chi connectivity index (χ3n) is 5.67. The number of carbonyl (C=O) groups is 1. The van der Waals surface area contributed by atoms with Crippen LogP contribution in [0.2, 0.25) is 0 Å². The number of carboxylic acids is 1. The average molecular weight is 422 g/mol. The summed E-state index contributed by atoms with van der Waals surface area (Å²) in [5, 5.41) is 13.6. The number of piperidine rings is 1. The number of rotatable bonds is 6. The maximum Gasteiger partial charge on any atom is 0.325 e. The lowest BCUT2D eigenvalue weighted by Gasteiger charge is -2.35. The van der Waals surface area contributed by atoms with Crippen molar-refractivity contribution in [1.29, 1.82) is 0 Å². The van der Waals surface area contributed by atoms with Crippen molar-refractivity contribution in [2.75, 3.05) is 20.2 Å². The highest BCUT2D eigenvalue weighted by atomic mass is 32.2. The number of hydrogen-bond donors (Lipinski definition) is 1. The lowest BCUT2D eigenvalue weighted by molar-refractivity contribution is -0.139. The number of aliphatic carboxylic acids is 1. The van der Waals surface area contributed by atoms with Gasteiger partial charge in [0.1, 0.15) is 0 Å². The molecule has 1 saturated heterocycles. The molecule has 2 aromatic rings. The zero-order valence-corrected chi connectivity index (χ0v) is 17.9. The first kappa shape index (κ1) is 21.3. The van der Waals surface area contributed by atoms with Gasteiger partial charge in [-0.1, -0.05) is 12.1 Å². The fourth-order valence-corrected chi connectivity index (χ4v) is 5.16. The largest absolute Gasteiger partial charge is 0.480 e. The van der Waals surface area contributed by atoms with Gasteiger partial charge in [-0.25, -0.2) is 17.4 Å². The Hall–Kier alpha value is -2.39. The van der Waals surface area contributed by atoms with Crippen LogP contribution in [0.4, 0.5) is 0 Å². The summed E-state index contributed by atoms with van der Waals surface area (Å²) in [6.45, 7) is 5.13. The molecule has 1 aromatic heterocycles. The molecule has 8 nitrogen and oxygen atoms in total. The van der Waals surface area contributed by atoms with Crippen molar-refractivity contribution in [2.24, 2.45) is 0 Å². The molecule has 0 bridgehead atoms. The van der Waals surface area contributed by atoms with Gasteiger partial charge in [0, 0.05) is 25.4 Å². The molecule has 1 fully saturated rings. The zero-order chi connectivity index (χ0) is 21.4. The van der Waals surface area contributed by atoms with E-state index in [-0.39, 0.29) is 5.92 Å². The Morgan fingerprint density at radius 2 is 1.90 bits per heavy atom. The number of methoxy groups -OCH3 is 1. The Bertz CT molecular complexity index is 1000. The Labute approximate surface area is 171 Å². The number of ether oxygens (including phenoxy) is 1. The van der Waals surface area contributed by atoms with Crippen LogP contribution in [0.3, 0.4) is 0 Å². The molecule has 1 N–H and O–H groups in total. The van der Waals surface area contributed by atoms with E-state index in [2.05, 4.69) is 11.2 Å². The smallest absolute Gasteiger partial charge is 0.325 e. The minimum Gasteiger partial charge on any atom is -0.480 e. The maximum absolute atomic E-state index is 12.7. The molecule has 9 heteroatoms. The fraction of sp³-hybridized carbons (Fsp3) is 0.500. The third-order valence-corrected chi connectivity index (χ3v) is 8.18. The van der Waals surface area contributed by atoms with Crippen LogP contribution in [0.5, 0.6) is 5.88 Å². The summed E-state index contributed by atoms with van der Waals surface area (Å²) in [6, 6.07) is 7.96. The van der Waals surface area contributed by atoms with Crippen molar-refractivity contribution in [2.45, 2.75) is 44.3 Å². The van der Waals surface area contributed by atoms with Crippen LogP contribution in [0.1, 0.15) is 43.7 Å². The molecular formula is C20H27N3O5S. The van der Waals surface area contributed by atoms with Crippen molar-refractivity contribution in [3.63, 3.8) is 0 Å². The van der Waals surface area contributed by atoms with Gasteiger partial charge in [-0.3, -0.25) is 4.79 Å². The molecule has 0 saturated carbocycles. The average Bonchev–Trinajstić information content (AvgIpc) is 3.16. The number of aromatic nitrogens is 2. The second-order valence-corrected chi connectivity index (χ2v) is 10.3. The van der Waals surface area contributed by atoms with Crippen LogP contribution in [-0.2, 0) is 14.8 Å². The van der Waals surface area contributed by atoms with Crippen molar-refractivity contribution < 1.29 is 23.1 Å². The first-order valence-corrected chi connectivity index (χ1v) is 11.0. The second kappa shape index (κ2) is 7.79. The topological polar surface area (TPSA) is 102 Å². The van der Waals surface area contributed by atoms with E-state index in [1.165, 1.54) is 18.2 Å². The van der Waals surface area contributed by atoms with Gasteiger partial charge in [0.2, 0.25) is 15.9 Å². The zero-order valence-electron chi connectivity index (χ0n) is 17.1. The Kier molecular flexibility index (Phi) is 5.73. The van der Waals surface area contributed by atoms with Crippen LogP contribution in [0, 0.1) is 6.92 Å². The Morgan fingerprint density at radius 1 is 1.24 bits per heavy atom. The quantitative estimate of drug-likeness (QED) is 0.769. The maximum atomic E-state index is 12.7. The summed E-state index contributed by atoms with van der Waals surface area (Å²) in [5.41, 5.74) is 3.18. The number of hydrogen-bond acceptors (Lipinski definition) is 5. The minimum atomic E-state index is -3.91. The number of nitrogens with zero attached hydrogens (tertiary/aromatic N) is 3. The van der Waals surface area contributed by atoms with Gasteiger partial charge in [0.15, 0.2) is 4.75 Å². The lowest BCUT2D eigenvalue weighted by atomic mass is 9.89. The summed E-state index contributed by atoms with van der Waals surface area (Å²) in [6.07, 6.45) is 3.15. The summed E-state index contributed by atoms with van der Waals surface area (Å²) >= 11 is 0. The summed E-state index contributed by atoms with van der Waals surface area (Å²) in [7, 11) is -2.33. The predicted octanol–water partition coefficient (Wildman–Crippen LogP) is 2.56. The number of benzene rings is 1. The fourth-order valence-electron chi connectivity index (χ4n) is 3.60. The molecule has 158 valence electrons. The van der Waals surface area contributed by atoms with Crippen LogP contribution >= 0.6 is 0 Å². The van der Waals surface area contributed by atoms with Gasteiger partial charge in [-0.15, -0.1) is 5.10 Å². The monoisotopic (exact) mass is 421 g/mol. The molecule has 1 aromatic carbocycles. The van der Waals surface area contributed by atoms with Gasteiger partial charge in [0.25, 0.3) is 0 Å². The van der Waals surface area contributed by atoms with E-state index < -0.39 is 20.7 Å². The first-order chi connectivity index (χ1) is 13.6. The van der Waals surface area contributed by atoms with Crippen molar-refractivity contribution in [1.82, 2.24) is 14.1 Å². The van der Waals surface area contributed by atoms with E-state index in [9.17, 15) is 18.3 Å². The number of sulfonamides is 1. The van der Waals surface area contributed by atoms with E-state index in [1.807, 2.05) is 25.3 Å². The second-order valence-electron chi connectivity index (χ2n) is 7.84. The highest BCUT2D eigenvalue weighted by Gasteiger charge is 2.46. The van der Waals surface area contributed by atoms with E-state index in [0.29, 0.717) is 31.8 Å². The molecule has 1 aliphatic heterocycles. The summed E-state index contributed by atoms with van der Waals surface area (Å²) < 4.78 is 31.8. The van der Waals surface area contributed by atoms with E-state index in [1.54, 1.807) is 17.9 Å². The first-order valence-electron chi connectivity index (χ1n) is 9.51. The van der Waals surface area contributed by atoms with Crippen LogP contribution in [0.25, 0.3) is 5.69 Å². The van der Waals surface area contributed by atoms with Gasteiger partial charge in [-0.05, 0) is 56.7 Å². The van der Waals surface area contributed by atoms with Gasteiger partial charge >= 0.3 is 5.97 Å². The summed E-state index contributed by atoms with van der Waals surface area (Å²) in [5.74, 6) is -0.554. The third kappa shape index (κ3) is 3.89. The van der Waals surface area contributed by atoms with Crippen LogP contribution in [0.15, 0.2) is 30.5 Å². The molecule has 0 spiro atoms. The SMILES string of the molecule is COc1ccn(-c2ccc(C3CCN(S(=O)(=O)C(C)(C)C(=O)O)CC3)cc2C)n1. The molecule has 0 amide bonds. The van der Waals surface area contributed by atoms with Crippen molar-refractivity contribution >= 4 is 16.0 Å². The van der Waals surface area contributed by atoms with Gasteiger partial charge in [-0.2, -0.15) is 0 Å². The molecule has 1 aliphatic rings. The molecule has 0 aliphatic carbocycles. The van der Waals surface area contributed by atoms with Crippen molar-refractivity contribution in [3.05, 3.63) is 41.6 Å².